The van der Waals surface area contributed by atoms with E-state index in [1.165, 1.54) is 0 Å². The van der Waals surface area contributed by atoms with Crippen molar-refractivity contribution in [1.82, 2.24) is 10.2 Å². The summed E-state index contributed by atoms with van der Waals surface area (Å²) in [6, 6.07) is -0.886. The second-order valence-electron chi connectivity index (χ2n) is 4.46. The van der Waals surface area contributed by atoms with Crippen LogP contribution in [0.5, 0.6) is 0 Å². The largest absolute Gasteiger partial charge is 0.382 e. The topological polar surface area (TPSA) is 67.9 Å². The van der Waals surface area contributed by atoms with E-state index < -0.39 is 12.1 Å². The molecule has 6 heteroatoms. The number of piperazine rings is 1. The van der Waals surface area contributed by atoms with Crippen molar-refractivity contribution >= 4 is 11.8 Å². The fourth-order valence-electron chi connectivity index (χ4n) is 2.14. The highest BCUT2D eigenvalue weighted by Gasteiger charge is 2.38. The molecule has 6 nitrogen and oxygen atoms in total. The summed E-state index contributed by atoms with van der Waals surface area (Å²) in [6.45, 7) is 4.35. The molecule has 0 aromatic rings. The fourth-order valence-corrected chi connectivity index (χ4v) is 2.14. The summed E-state index contributed by atoms with van der Waals surface area (Å²) >= 11 is 0. The number of carbonyl (C=O) groups is 2. The van der Waals surface area contributed by atoms with Crippen LogP contribution >= 0.6 is 0 Å². The number of hydrogen-bond acceptors (Lipinski definition) is 4. The molecular weight excluding hydrogens is 236 g/mol. The van der Waals surface area contributed by atoms with Gasteiger partial charge in [0.2, 0.25) is 11.8 Å². The van der Waals surface area contributed by atoms with Gasteiger partial charge < -0.3 is 19.7 Å². The summed E-state index contributed by atoms with van der Waals surface area (Å²) in [5.74, 6) is -0.170. The van der Waals surface area contributed by atoms with Crippen LogP contribution in [0.1, 0.15) is 20.3 Å². The summed E-state index contributed by atoms with van der Waals surface area (Å²) in [5, 5.41) is 2.68. The summed E-state index contributed by atoms with van der Waals surface area (Å²) in [4.78, 5) is 25.5. The van der Waals surface area contributed by atoms with Crippen molar-refractivity contribution in [2.45, 2.75) is 38.5 Å². The van der Waals surface area contributed by atoms with Gasteiger partial charge in [0.15, 0.2) is 0 Å². The average Bonchev–Trinajstić information content (AvgIpc) is 2.35. The van der Waals surface area contributed by atoms with Crippen LogP contribution in [0.4, 0.5) is 0 Å². The monoisotopic (exact) mass is 258 g/mol. The summed E-state index contributed by atoms with van der Waals surface area (Å²) < 4.78 is 10.3. The fraction of sp³-hybridized carbons (Fsp3) is 0.833. The van der Waals surface area contributed by atoms with Crippen LogP contribution in [0.15, 0.2) is 0 Å². The quantitative estimate of drug-likeness (QED) is 0.715. The molecule has 0 aromatic heterocycles. The predicted molar refractivity (Wildman–Crippen MR) is 66.1 cm³/mol. The number of ether oxygens (including phenoxy) is 2. The van der Waals surface area contributed by atoms with Gasteiger partial charge in [-0.15, -0.1) is 0 Å². The van der Waals surface area contributed by atoms with E-state index >= 15 is 0 Å². The Labute approximate surface area is 108 Å². The molecule has 0 bridgehead atoms. The third-order valence-corrected chi connectivity index (χ3v) is 3.16. The molecule has 1 rings (SSSR count). The van der Waals surface area contributed by atoms with Crippen molar-refractivity contribution in [1.29, 1.82) is 0 Å². The van der Waals surface area contributed by atoms with Gasteiger partial charge in [-0.2, -0.15) is 0 Å². The van der Waals surface area contributed by atoms with E-state index in [-0.39, 0.29) is 17.9 Å². The van der Waals surface area contributed by atoms with E-state index in [0.29, 0.717) is 19.6 Å². The van der Waals surface area contributed by atoms with Crippen LogP contribution < -0.4 is 5.32 Å². The summed E-state index contributed by atoms with van der Waals surface area (Å²) in [7, 11) is 3.15. The number of nitrogens with zero attached hydrogens (tertiary/aromatic N) is 1. The molecule has 104 valence electrons. The maximum atomic E-state index is 12.1. The molecule has 1 fully saturated rings. The lowest BCUT2D eigenvalue weighted by Gasteiger charge is -2.39. The zero-order chi connectivity index (χ0) is 13.7. The highest BCUT2D eigenvalue weighted by Crippen LogP contribution is 2.14. The first kappa shape index (κ1) is 14.9. The zero-order valence-electron chi connectivity index (χ0n) is 11.4. The van der Waals surface area contributed by atoms with Gasteiger partial charge in [-0.3, -0.25) is 9.59 Å². The van der Waals surface area contributed by atoms with Gasteiger partial charge >= 0.3 is 0 Å². The van der Waals surface area contributed by atoms with Crippen molar-refractivity contribution in [3.05, 3.63) is 0 Å². The molecule has 18 heavy (non-hydrogen) atoms. The van der Waals surface area contributed by atoms with Crippen molar-refractivity contribution < 1.29 is 19.1 Å². The standard InChI is InChI=1S/C12H22N2O4/c1-5-10-11(15)13-8(2)12(16)14(10)6-9(18-4)7-17-3/h8-10H,5-7H2,1-4H3,(H,13,15). The van der Waals surface area contributed by atoms with Gasteiger partial charge in [-0.05, 0) is 13.3 Å². The minimum Gasteiger partial charge on any atom is -0.382 e. The van der Waals surface area contributed by atoms with Crippen LogP contribution in [0.3, 0.4) is 0 Å². The first-order valence-corrected chi connectivity index (χ1v) is 6.17. The van der Waals surface area contributed by atoms with Crippen molar-refractivity contribution in [3.63, 3.8) is 0 Å². The molecule has 1 heterocycles. The molecule has 0 radical (unpaired) electrons. The Morgan fingerprint density at radius 3 is 2.56 bits per heavy atom. The van der Waals surface area contributed by atoms with Gasteiger partial charge in [0.05, 0.1) is 19.3 Å². The van der Waals surface area contributed by atoms with E-state index in [9.17, 15) is 9.59 Å². The third kappa shape index (κ3) is 3.20. The minimum atomic E-state index is -0.472. The van der Waals surface area contributed by atoms with Crippen LogP contribution in [-0.4, -0.2) is 62.3 Å². The summed E-state index contributed by atoms with van der Waals surface area (Å²) in [5.41, 5.74) is 0. The number of nitrogens with one attached hydrogen (secondary N) is 1. The normalized spacial score (nSPS) is 26.1. The van der Waals surface area contributed by atoms with Crippen LogP contribution in [-0.2, 0) is 19.1 Å². The lowest BCUT2D eigenvalue weighted by Crippen LogP contribution is -2.63. The average molecular weight is 258 g/mol. The number of rotatable bonds is 6. The van der Waals surface area contributed by atoms with Crippen molar-refractivity contribution in [2.24, 2.45) is 0 Å². The molecule has 1 saturated heterocycles. The molecule has 1 aliphatic heterocycles. The Kier molecular flexibility index (Phi) is 5.55. The lowest BCUT2D eigenvalue weighted by molar-refractivity contribution is -0.151. The molecule has 0 aliphatic carbocycles. The third-order valence-electron chi connectivity index (χ3n) is 3.16. The Hall–Kier alpha value is -1.14. The molecule has 2 amide bonds. The number of amides is 2. The van der Waals surface area contributed by atoms with E-state index in [0.717, 1.165) is 0 Å². The van der Waals surface area contributed by atoms with Gasteiger partial charge in [-0.1, -0.05) is 6.92 Å². The number of methoxy groups -OCH3 is 2. The SMILES string of the molecule is CCC1C(=O)NC(C)C(=O)N1CC(COC)OC. The first-order chi connectivity index (χ1) is 8.54. The van der Waals surface area contributed by atoms with Gasteiger partial charge in [0.1, 0.15) is 12.1 Å². The molecule has 0 aromatic carbocycles. The van der Waals surface area contributed by atoms with Crippen LogP contribution in [0, 0.1) is 0 Å². The number of carbonyl (C=O) groups excluding carboxylic acids is 2. The van der Waals surface area contributed by atoms with E-state index in [4.69, 9.17) is 9.47 Å². The molecule has 0 saturated carbocycles. The Morgan fingerprint density at radius 2 is 2.06 bits per heavy atom. The van der Waals surface area contributed by atoms with Crippen molar-refractivity contribution in [2.75, 3.05) is 27.4 Å². The van der Waals surface area contributed by atoms with Gasteiger partial charge in [-0.25, -0.2) is 0 Å². The van der Waals surface area contributed by atoms with E-state index in [2.05, 4.69) is 5.32 Å². The van der Waals surface area contributed by atoms with Crippen LogP contribution in [0.25, 0.3) is 0 Å². The molecule has 3 atom stereocenters. The highest BCUT2D eigenvalue weighted by atomic mass is 16.5. The molecule has 0 spiro atoms. The zero-order valence-corrected chi connectivity index (χ0v) is 11.4. The molecule has 1 N–H and O–H groups in total. The second-order valence-corrected chi connectivity index (χ2v) is 4.46. The molecular formula is C12H22N2O4. The predicted octanol–water partition coefficient (Wildman–Crippen LogP) is -0.227. The maximum absolute atomic E-state index is 12.1. The Balaban J connectivity index is 2.79. The van der Waals surface area contributed by atoms with E-state index in [1.54, 1.807) is 26.0 Å². The Bertz CT molecular complexity index is 308. The first-order valence-electron chi connectivity index (χ1n) is 6.17. The van der Waals surface area contributed by atoms with Gasteiger partial charge in [0, 0.05) is 14.2 Å². The lowest BCUT2D eigenvalue weighted by atomic mass is 10.1. The van der Waals surface area contributed by atoms with Gasteiger partial charge in [0.25, 0.3) is 0 Å². The Morgan fingerprint density at radius 1 is 1.39 bits per heavy atom. The molecule has 1 aliphatic rings. The second kappa shape index (κ2) is 6.70. The smallest absolute Gasteiger partial charge is 0.245 e. The summed E-state index contributed by atoms with van der Waals surface area (Å²) in [6.07, 6.45) is 0.374. The van der Waals surface area contributed by atoms with Crippen LogP contribution in [0.2, 0.25) is 0 Å². The highest BCUT2D eigenvalue weighted by molar-refractivity contribution is 5.96. The van der Waals surface area contributed by atoms with E-state index in [1.807, 2.05) is 6.92 Å². The maximum Gasteiger partial charge on any atom is 0.245 e. The van der Waals surface area contributed by atoms with Crippen molar-refractivity contribution in [3.8, 4) is 0 Å². The minimum absolute atomic E-state index is 0.0698. The molecule has 3 unspecified atom stereocenters. The number of hydrogen-bond donors (Lipinski definition) is 1.